The minimum Gasteiger partial charge on any atom is -0.462 e. The zero-order chi connectivity index (χ0) is 25.8. The number of unbranched alkanes of at least 4 members (excludes halogenated alkanes) is 1. The molecule has 0 saturated carbocycles. The molecule has 0 amide bonds. The monoisotopic (exact) mass is 498 g/mol. The molecular formula is C27H19F5N2O2. The third-order valence-electron chi connectivity index (χ3n) is 5.44. The fourth-order valence-corrected chi connectivity index (χ4v) is 3.57. The molecule has 4 aromatic rings. The number of aromatic amines is 1. The number of rotatable bonds is 7. The maximum absolute atomic E-state index is 14.9. The Morgan fingerprint density at radius 1 is 0.778 bits per heavy atom. The molecule has 36 heavy (non-hydrogen) atoms. The molecule has 0 bridgehead atoms. The Hall–Kier alpha value is -4.27. The minimum atomic E-state index is -1.33. The molecule has 9 heteroatoms. The van der Waals surface area contributed by atoms with Crippen LogP contribution in [0.25, 0.3) is 33.4 Å². The van der Waals surface area contributed by atoms with Crippen LogP contribution in [-0.4, -0.2) is 9.97 Å². The number of hydrogen-bond acceptors (Lipinski definition) is 3. The second kappa shape index (κ2) is 10.6. The Morgan fingerprint density at radius 2 is 1.33 bits per heavy atom. The van der Waals surface area contributed by atoms with Crippen LogP contribution in [0.3, 0.4) is 0 Å². The quantitative estimate of drug-likeness (QED) is 0.167. The first-order chi connectivity index (χ1) is 17.3. The lowest BCUT2D eigenvalue weighted by atomic mass is 9.97. The van der Waals surface area contributed by atoms with Crippen molar-refractivity contribution < 1.29 is 26.7 Å². The van der Waals surface area contributed by atoms with Crippen LogP contribution in [0, 0.1) is 29.2 Å². The molecule has 4 nitrogen and oxygen atoms in total. The van der Waals surface area contributed by atoms with E-state index in [-0.39, 0.29) is 22.4 Å². The number of halogens is 5. The molecule has 1 aromatic heterocycles. The van der Waals surface area contributed by atoms with E-state index in [4.69, 9.17) is 4.74 Å². The van der Waals surface area contributed by atoms with Gasteiger partial charge in [-0.1, -0.05) is 49.7 Å². The fraction of sp³-hybridized carbons (Fsp3) is 0.111. The van der Waals surface area contributed by atoms with Crippen molar-refractivity contribution in [3.63, 3.8) is 0 Å². The predicted octanol–water partition coefficient (Wildman–Crippen LogP) is 7.16. The third-order valence-corrected chi connectivity index (χ3v) is 5.44. The number of nitrogens with zero attached hydrogens (tertiary/aromatic N) is 1. The summed E-state index contributed by atoms with van der Waals surface area (Å²) in [6.07, 6.45) is 5.44. The Balaban J connectivity index is 1.62. The van der Waals surface area contributed by atoms with Crippen molar-refractivity contribution in [2.45, 2.75) is 19.8 Å². The van der Waals surface area contributed by atoms with Gasteiger partial charge in [-0.05, 0) is 35.8 Å². The van der Waals surface area contributed by atoms with Gasteiger partial charge in [0.25, 0.3) is 0 Å². The van der Waals surface area contributed by atoms with E-state index in [2.05, 4.69) is 4.98 Å². The predicted molar refractivity (Wildman–Crippen MR) is 126 cm³/mol. The van der Waals surface area contributed by atoms with Crippen molar-refractivity contribution in [3.8, 4) is 39.1 Å². The van der Waals surface area contributed by atoms with Crippen molar-refractivity contribution in [1.29, 1.82) is 0 Å². The molecule has 0 fully saturated rings. The van der Waals surface area contributed by atoms with Crippen LogP contribution >= 0.6 is 0 Å². The van der Waals surface area contributed by atoms with Gasteiger partial charge in [-0.3, -0.25) is 4.98 Å². The number of hydrogen-bond donors (Lipinski definition) is 1. The maximum Gasteiger partial charge on any atom is 0.347 e. The van der Waals surface area contributed by atoms with Gasteiger partial charge < -0.3 is 4.74 Å². The zero-order valence-corrected chi connectivity index (χ0v) is 18.9. The van der Waals surface area contributed by atoms with Gasteiger partial charge in [0.1, 0.15) is 0 Å². The van der Waals surface area contributed by atoms with E-state index in [1.807, 2.05) is 6.92 Å². The van der Waals surface area contributed by atoms with Crippen molar-refractivity contribution >= 4 is 0 Å². The zero-order valence-electron chi connectivity index (χ0n) is 18.9. The van der Waals surface area contributed by atoms with Crippen LogP contribution < -0.4 is 10.4 Å². The molecule has 0 aliphatic heterocycles. The SMILES string of the molecule is CCC/C=C\Oc1ccc(-c2ccc(-c3ccc(-c4cnc(=O)[nH]c4F)c(F)c3F)cc2)c(F)c1F. The van der Waals surface area contributed by atoms with E-state index in [9.17, 15) is 26.7 Å². The summed E-state index contributed by atoms with van der Waals surface area (Å²) in [5.74, 6) is -6.24. The average Bonchev–Trinajstić information content (AvgIpc) is 2.87. The summed E-state index contributed by atoms with van der Waals surface area (Å²) in [5, 5.41) is 0. The molecule has 3 aromatic carbocycles. The summed E-state index contributed by atoms with van der Waals surface area (Å²) in [6, 6.07) is 10.8. The first-order valence-electron chi connectivity index (χ1n) is 11.0. The van der Waals surface area contributed by atoms with E-state index in [1.165, 1.54) is 48.7 Å². The van der Waals surface area contributed by atoms with E-state index in [0.29, 0.717) is 5.56 Å². The highest BCUT2D eigenvalue weighted by Gasteiger charge is 2.20. The van der Waals surface area contributed by atoms with Gasteiger partial charge in [0, 0.05) is 22.9 Å². The first-order valence-corrected chi connectivity index (χ1v) is 11.0. The lowest BCUT2D eigenvalue weighted by Gasteiger charge is -2.11. The van der Waals surface area contributed by atoms with Gasteiger partial charge in [0.05, 0.1) is 11.8 Å². The van der Waals surface area contributed by atoms with Crippen molar-refractivity contribution in [3.05, 3.63) is 107 Å². The molecule has 0 aliphatic rings. The molecule has 0 saturated heterocycles. The highest BCUT2D eigenvalue weighted by Crippen LogP contribution is 2.34. The highest BCUT2D eigenvalue weighted by atomic mass is 19.2. The van der Waals surface area contributed by atoms with Gasteiger partial charge in [0.15, 0.2) is 23.2 Å². The normalized spacial score (nSPS) is 11.3. The van der Waals surface area contributed by atoms with Gasteiger partial charge in [-0.25, -0.2) is 22.9 Å². The van der Waals surface area contributed by atoms with Crippen molar-refractivity contribution in [2.24, 2.45) is 0 Å². The van der Waals surface area contributed by atoms with Gasteiger partial charge in [0.2, 0.25) is 11.8 Å². The molecule has 4 rings (SSSR count). The topological polar surface area (TPSA) is 55.0 Å². The summed E-state index contributed by atoms with van der Waals surface area (Å²) >= 11 is 0. The van der Waals surface area contributed by atoms with E-state index in [0.717, 1.165) is 25.1 Å². The number of H-pyrrole nitrogens is 1. The van der Waals surface area contributed by atoms with Crippen molar-refractivity contribution in [2.75, 3.05) is 0 Å². The van der Waals surface area contributed by atoms with E-state index >= 15 is 0 Å². The molecule has 184 valence electrons. The molecule has 1 N–H and O–H groups in total. The first kappa shape index (κ1) is 24.8. The smallest absolute Gasteiger partial charge is 0.347 e. The lowest BCUT2D eigenvalue weighted by molar-refractivity contribution is 0.414. The number of aromatic nitrogens is 2. The summed E-state index contributed by atoms with van der Waals surface area (Å²) in [7, 11) is 0. The molecule has 0 spiro atoms. The van der Waals surface area contributed by atoms with Crippen LogP contribution in [0.2, 0.25) is 0 Å². The summed E-state index contributed by atoms with van der Waals surface area (Å²) in [4.78, 5) is 16.2. The van der Waals surface area contributed by atoms with Gasteiger partial charge in [-0.2, -0.15) is 8.78 Å². The number of nitrogens with one attached hydrogen (secondary N) is 1. The summed E-state index contributed by atoms with van der Waals surface area (Å²) in [6.45, 7) is 1.97. The third kappa shape index (κ3) is 4.91. The second-order valence-corrected chi connectivity index (χ2v) is 7.80. The molecular weight excluding hydrogens is 479 g/mol. The van der Waals surface area contributed by atoms with Crippen LogP contribution in [0.5, 0.6) is 5.75 Å². The Labute approximate surface area is 202 Å². The van der Waals surface area contributed by atoms with E-state index in [1.54, 1.807) is 11.1 Å². The van der Waals surface area contributed by atoms with Gasteiger partial charge >= 0.3 is 5.69 Å². The lowest BCUT2D eigenvalue weighted by Crippen LogP contribution is -2.12. The summed E-state index contributed by atoms with van der Waals surface area (Å²) in [5.41, 5.74) is -1.39. The highest BCUT2D eigenvalue weighted by molar-refractivity contribution is 5.74. The Kier molecular flexibility index (Phi) is 7.28. The Morgan fingerprint density at radius 3 is 1.94 bits per heavy atom. The minimum absolute atomic E-state index is 0.0352. The standard InChI is InChI=1S/C27H19F5N2O2/c1-2-3-4-13-36-21-12-11-18(23(29)25(21)31)16-7-5-15(6-8-16)17-9-10-19(24(30)22(17)28)20-14-33-27(35)34-26(20)32/h4-14H,2-3H2,1H3,(H,33,34,35)/b13-4-. The summed E-state index contributed by atoms with van der Waals surface area (Å²) < 4.78 is 77.9. The molecule has 0 radical (unpaired) electrons. The molecule has 0 aliphatic carbocycles. The van der Waals surface area contributed by atoms with Gasteiger partial charge in [-0.15, -0.1) is 0 Å². The molecule has 1 heterocycles. The molecule has 0 unspecified atom stereocenters. The largest absolute Gasteiger partial charge is 0.462 e. The molecule has 0 atom stereocenters. The number of benzene rings is 3. The average molecular weight is 498 g/mol. The van der Waals surface area contributed by atoms with Crippen LogP contribution in [0.4, 0.5) is 22.0 Å². The van der Waals surface area contributed by atoms with Crippen LogP contribution in [0.1, 0.15) is 19.8 Å². The maximum atomic E-state index is 14.9. The number of ether oxygens (including phenoxy) is 1. The van der Waals surface area contributed by atoms with Crippen LogP contribution in [0.15, 0.2) is 71.9 Å². The van der Waals surface area contributed by atoms with E-state index < -0.39 is 46.0 Å². The van der Waals surface area contributed by atoms with Crippen molar-refractivity contribution in [1.82, 2.24) is 9.97 Å². The van der Waals surface area contributed by atoms with Crippen LogP contribution in [-0.2, 0) is 0 Å². The fourth-order valence-electron chi connectivity index (χ4n) is 3.57. The second-order valence-electron chi connectivity index (χ2n) is 7.80. The number of allylic oxidation sites excluding steroid dienone is 1. The Bertz CT molecular complexity index is 1500.